The zero-order valence-electron chi connectivity index (χ0n) is 9.75. The highest BCUT2D eigenvalue weighted by molar-refractivity contribution is 9.10. The van der Waals surface area contributed by atoms with Crippen LogP contribution in [0, 0.1) is 5.82 Å². The van der Waals surface area contributed by atoms with Crippen molar-refractivity contribution in [2.75, 3.05) is 0 Å². The van der Waals surface area contributed by atoms with E-state index < -0.39 is 0 Å². The first-order valence-electron chi connectivity index (χ1n) is 5.48. The Hall–Kier alpha value is -0.720. The minimum absolute atomic E-state index is 0.0805. The maximum absolute atomic E-state index is 13.1. The molecule has 0 unspecified atom stereocenters. The quantitative estimate of drug-likeness (QED) is 0.806. The smallest absolute Gasteiger partial charge is 0.224 e. The molecule has 0 spiro atoms. The third-order valence-electron chi connectivity index (χ3n) is 2.43. The number of rotatable bonds is 4. The summed E-state index contributed by atoms with van der Waals surface area (Å²) in [5.74, 6) is -0.407. The topological polar surface area (TPSA) is 29.1 Å². The highest BCUT2D eigenvalue weighted by atomic mass is 79.9. The number of benzene rings is 1. The van der Waals surface area contributed by atoms with Crippen LogP contribution in [0.2, 0.25) is 0 Å². The van der Waals surface area contributed by atoms with Crippen LogP contribution in [0.1, 0.15) is 10.4 Å². The molecule has 0 fully saturated rings. The van der Waals surface area contributed by atoms with Crippen molar-refractivity contribution in [1.29, 1.82) is 0 Å². The van der Waals surface area contributed by atoms with E-state index in [0.717, 1.165) is 14.9 Å². The van der Waals surface area contributed by atoms with Crippen LogP contribution in [0.15, 0.2) is 38.6 Å². The van der Waals surface area contributed by atoms with E-state index in [0.29, 0.717) is 11.0 Å². The number of halogens is 3. The lowest BCUT2D eigenvalue weighted by atomic mass is 10.1. The van der Waals surface area contributed by atoms with Crippen LogP contribution in [0.4, 0.5) is 4.39 Å². The van der Waals surface area contributed by atoms with Gasteiger partial charge in [-0.2, -0.15) is 0 Å². The fraction of sp³-hybridized carbons (Fsp3) is 0.154. The molecule has 1 aromatic carbocycles. The van der Waals surface area contributed by atoms with Crippen LogP contribution >= 0.6 is 43.2 Å². The van der Waals surface area contributed by atoms with E-state index in [-0.39, 0.29) is 18.1 Å². The van der Waals surface area contributed by atoms with Gasteiger partial charge in [0, 0.05) is 14.7 Å². The molecule has 19 heavy (non-hydrogen) atoms. The number of hydrogen-bond acceptors (Lipinski definition) is 2. The van der Waals surface area contributed by atoms with Crippen molar-refractivity contribution in [1.82, 2.24) is 5.32 Å². The number of amides is 1. The van der Waals surface area contributed by atoms with Crippen molar-refractivity contribution in [2.24, 2.45) is 0 Å². The van der Waals surface area contributed by atoms with E-state index in [9.17, 15) is 9.18 Å². The van der Waals surface area contributed by atoms with Gasteiger partial charge in [-0.15, -0.1) is 11.3 Å². The third kappa shape index (κ3) is 4.40. The van der Waals surface area contributed by atoms with Gasteiger partial charge in [0.15, 0.2) is 0 Å². The monoisotopic (exact) mass is 405 g/mol. The average molecular weight is 407 g/mol. The molecule has 0 atom stereocenters. The van der Waals surface area contributed by atoms with E-state index in [2.05, 4.69) is 37.2 Å². The Balaban J connectivity index is 1.88. The van der Waals surface area contributed by atoms with Crippen LogP contribution in [0.25, 0.3) is 0 Å². The summed E-state index contributed by atoms with van der Waals surface area (Å²) in [6, 6.07) is 6.56. The van der Waals surface area contributed by atoms with E-state index in [1.165, 1.54) is 6.07 Å². The molecule has 2 nitrogen and oxygen atoms in total. The van der Waals surface area contributed by atoms with Gasteiger partial charge in [-0.1, -0.05) is 6.07 Å². The summed E-state index contributed by atoms with van der Waals surface area (Å²) < 4.78 is 14.5. The fourth-order valence-electron chi connectivity index (χ4n) is 1.53. The van der Waals surface area contributed by atoms with Crippen LogP contribution < -0.4 is 5.32 Å². The van der Waals surface area contributed by atoms with Crippen molar-refractivity contribution in [2.45, 2.75) is 13.0 Å². The van der Waals surface area contributed by atoms with E-state index >= 15 is 0 Å². The summed E-state index contributed by atoms with van der Waals surface area (Å²) in [7, 11) is 0. The molecule has 0 saturated heterocycles. The molecule has 1 amide bonds. The van der Waals surface area contributed by atoms with Crippen molar-refractivity contribution < 1.29 is 9.18 Å². The summed E-state index contributed by atoms with van der Waals surface area (Å²) in [6.07, 6.45) is 0.241. The molecule has 6 heteroatoms. The van der Waals surface area contributed by atoms with Gasteiger partial charge >= 0.3 is 0 Å². The molecule has 100 valence electrons. The molecule has 1 N–H and O–H groups in total. The first-order chi connectivity index (χ1) is 9.04. The van der Waals surface area contributed by atoms with Crippen LogP contribution in [0.5, 0.6) is 0 Å². The predicted octanol–water partition coefficient (Wildman–Crippen LogP) is 4.27. The fourth-order valence-corrected chi connectivity index (χ4v) is 3.35. The largest absolute Gasteiger partial charge is 0.351 e. The Morgan fingerprint density at radius 1 is 1.32 bits per heavy atom. The van der Waals surface area contributed by atoms with Gasteiger partial charge in [-0.3, -0.25) is 4.79 Å². The van der Waals surface area contributed by atoms with Crippen molar-refractivity contribution in [3.05, 3.63) is 54.8 Å². The van der Waals surface area contributed by atoms with E-state index in [1.54, 1.807) is 23.5 Å². The first-order valence-corrected chi connectivity index (χ1v) is 7.94. The number of nitrogens with one attached hydrogen (secondary N) is 1. The van der Waals surface area contributed by atoms with Crippen molar-refractivity contribution in [3.8, 4) is 0 Å². The zero-order chi connectivity index (χ0) is 13.8. The molecule has 2 rings (SSSR count). The van der Waals surface area contributed by atoms with Gasteiger partial charge < -0.3 is 5.32 Å². The van der Waals surface area contributed by atoms with Crippen LogP contribution in [-0.4, -0.2) is 5.91 Å². The Morgan fingerprint density at radius 3 is 2.74 bits per heavy atom. The molecule has 0 radical (unpaired) electrons. The lowest BCUT2D eigenvalue weighted by Gasteiger charge is -2.04. The summed E-state index contributed by atoms with van der Waals surface area (Å²) in [5, 5.41) is 4.81. The highest BCUT2D eigenvalue weighted by Crippen LogP contribution is 2.20. The van der Waals surface area contributed by atoms with Gasteiger partial charge in [0.05, 0.1) is 17.4 Å². The van der Waals surface area contributed by atoms with Gasteiger partial charge in [0.2, 0.25) is 5.91 Å². The zero-order valence-corrected chi connectivity index (χ0v) is 13.7. The molecule has 0 aliphatic heterocycles. The van der Waals surface area contributed by atoms with Gasteiger partial charge in [0.1, 0.15) is 5.82 Å². The highest BCUT2D eigenvalue weighted by Gasteiger charge is 2.06. The Kier molecular flexibility index (Phi) is 5.13. The van der Waals surface area contributed by atoms with Crippen molar-refractivity contribution in [3.63, 3.8) is 0 Å². The Morgan fingerprint density at radius 2 is 2.11 bits per heavy atom. The maximum atomic E-state index is 13.1. The minimum Gasteiger partial charge on any atom is -0.351 e. The number of hydrogen-bond donors (Lipinski definition) is 1. The second-order valence-corrected chi connectivity index (χ2v) is 6.70. The van der Waals surface area contributed by atoms with E-state index in [4.69, 9.17) is 0 Å². The predicted molar refractivity (Wildman–Crippen MR) is 81.7 cm³/mol. The molecule has 0 bridgehead atoms. The summed E-state index contributed by atoms with van der Waals surface area (Å²) in [6.45, 7) is 0.511. The summed E-state index contributed by atoms with van der Waals surface area (Å²) >= 11 is 8.05. The second kappa shape index (κ2) is 6.63. The van der Waals surface area contributed by atoms with Crippen molar-refractivity contribution >= 4 is 49.1 Å². The molecule has 0 aliphatic rings. The molecule has 2 aromatic rings. The normalized spacial score (nSPS) is 10.5. The van der Waals surface area contributed by atoms with Crippen LogP contribution in [-0.2, 0) is 17.8 Å². The standard InChI is InChI=1S/C13H10Br2FNOS/c14-9-5-10(19-7-9)6-17-13(18)4-8-1-2-12(16)11(15)3-8/h1-3,5,7H,4,6H2,(H,17,18). The number of thiophene rings is 1. The van der Waals surface area contributed by atoms with Gasteiger partial charge in [-0.25, -0.2) is 4.39 Å². The molecule has 0 saturated carbocycles. The first kappa shape index (κ1) is 14.7. The minimum atomic E-state index is -0.326. The second-order valence-electron chi connectivity index (χ2n) is 3.93. The van der Waals surface area contributed by atoms with Gasteiger partial charge in [-0.05, 0) is 55.6 Å². The number of carbonyl (C=O) groups is 1. The molecular weight excluding hydrogens is 397 g/mol. The Bertz CT molecular complexity index is 600. The van der Waals surface area contributed by atoms with E-state index in [1.807, 2.05) is 11.4 Å². The average Bonchev–Trinajstić information content (AvgIpc) is 2.77. The SMILES string of the molecule is O=C(Cc1ccc(F)c(Br)c1)NCc1cc(Br)cs1. The molecule has 1 aromatic heterocycles. The van der Waals surface area contributed by atoms with Crippen LogP contribution in [0.3, 0.4) is 0 Å². The Labute approximate surface area is 131 Å². The maximum Gasteiger partial charge on any atom is 0.224 e. The molecule has 0 aliphatic carbocycles. The molecular formula is C13H10Br2FNOS. The van der Waals surface area contributed by atoms with Gasteiger partial charge in [0.25, 0.3) is 0 Å². The third-order valence-corrected chi connectivity index (χ3v) is 4.74. The number of carbonyl (C=O) groups excluding carboxylic acids is 1. The summed E-state index contributed by atoms with van der Waals surface area (Å²) in [5.41, 5.74) is 0.776. The lowest BCUT2D eigenvalue weighted by Crippen LogP contribution is -2.24. The molecule has 1 heterocycles. The summed E-state index contributed by atoms with van der Waals surface area (Å²) in [4.78, 5) is 12.8. The lowest BCUT2D eigenvalue weighted by molar-refractivity contribution is -0.120.